The van der Waals surface area contributed by atoms with E-state index in [0.717, 1.165) is 0 Å². The Bertz CT molecular complexity index is 822. The number of rotatable bonds is 6. The standard InChI is InChI=1S/C17H22N2O6S2/c1-11(2)18-17(22)19-15(20)9-25-16(21)13-5-3-4-6-14(13)26-12-7-8-27(23,24)10-12/h3-6,11-12H,7-10H2,1-2H3,(H2,18,19,20,22)/t12-/m0/s1. The Morgan fingerprint density at radius 2 is 1.96 bits per heavy atom. The molecule has 1 fully saturated rings. The maximum absolute atomic E-state index is 12.3. The first-order chi connectivity index (χ1) is 12.7. The summed E-state index contributed by atoms with van der Waals surface area (Å²) in [6.07, 6.45) is 0.531. The van der Waals surface area contributed by atoms with Gasteiger partial charge < -0.3 is 10.1 Å². The molecule has 27 heavy (non-hydrogen) atoms. The predicted octanol–water partition coefficient (Wildman–Crippen LogP) is 1.36. The van der Waals surface area contributed by atoms with Crippen molar-refractivity contribution in [2.45, 2.75) is 36.5 Å². The molecule has 148 valence electrons. The van der Waals surface area contributed by atoms with Crippen LogP contribution in [-0.2, 0) is 19.4 Å². The van der Waals surface area contributed by atoms with Crippen LogP contribution in [0.5, 0.6) is 0 Å². The lowest BCUT2D eigenvalue weighted by molar-refractivity contribution is -0.123. The normalized spacial score (nSPS) is 18.1. The number of ether oxygens (including phenoxy) is 1. The number of nitrogens with one attached hydrogen (secondary N) is 2. The number of benzene rings is 1. The van der Waals surface area contributed by atoms with E-state index < -0.39 is 34.4 Å². The fraction of sp³-hybridized carbons (Fsp3) is 0.471. The van der Waals surface area contributed by atoms with E-state index in [4.69, 9.17) is 4.74 Å². The molecular formula is C17H22N2O6S2. The van der Waals surface area contributed by atoms with E-state index in [0.29, 0.717) is 11.3 Å². The zero-order valence-electron chi connectivity index (χ0n) is 15.1. The Kier molecular flexibility index (Phi) is 7.25. The van der Waals surface area contributed by atoms with Crippen molar-refractivity contribution in [3.05, 3.63) is 29.8 Å². The van der Waals surface area contributed by atoms with Crippen LogP contribution >= 0.6 is 11.8 Å². The number of imide groups is 1. The number of esters is 1. The van der Waals surface area contributed by atoms with Crippen LogP contribution in [0.3, 0.4) is 0 Å². The van der Waals surface area contributed by atoms with E-state index in [1.165, 1.54) is 11.8 Å². The summed E-state index contributed by atoms with van der Waals surface area (Å²) in [4.78, 5) is 36.0. The topological polar surface area (TPSA) is 119 Å². The third-order valence-corrected chi connectivity index (χ3v) is 6.92. The highest BCUT2D eigenvalue weighted by Crippen LogP contribution is 2.33. The molecule has 0 saturated carbocycles. The maximum atomic E-state index is 12.3. The lowest BCUT2D eigenvalue weighted by Gasteiger charge is -2.12. The molecule has 0 unspecified atom stereocenters. The van der Waals surface area contributed by atoms with Crippen LogP contribution in [0, 0.1) is 0 Å². The molecule has 0 radical (unpaired) electrons. The molecule has 0 aliphatic carbocycles. The predicted molar refractivity (Wildman–Crippen MR) is 101 cm³/mol. The van der Waals surface area contributed by atoms with Crippen LogP contribution in [0.1, 0.15) is 30.6 Å². The fourth-order valence-electron chi connectivity index (χ4n) is 2.44. The van der Waals surface area contributed by atoms with E-state index in [2.05, 4.69) is 10.6 Å². The zero-order valence-corrected chi connectivity index (χ0v) is 16.7. The van der Waals surface area contributed by atoms with Crippen LogP contribution in [0.15, 0.2) is 29.2 Å². The van der Waals surface area contributed by atoms with E-state index >= 15 is 0 Å². The molecule has 2 rings (SSSR count). The van der Waals surface area contributed by atoms with Gasteiger partial charge in [0.1, 0.15) is 0 Å². The number of carbonyl (C=O) groups excluding carboxylic acids is 3. The van der Waals surface area contributed by atoms with Crippen LogP contribution < -0.4 is 10.6 Å². The van der Waals surface area contributed by atoms with Gasteiger partial charge in [-0.25, -0.2) is 18.0 Å². The number of carbonyl (C=O) groups is 3. The molecule has 1 heterocycles. The first kappa shape index (κ1) is 21.2. The van der Waals surface area contributed by atoms with Gasteiger partial charge in [0.05, 0.1) is 17.1 Å². The van der Waals surface area contributed by atoms with E-state index in [1.54, 1.807) is 38.1 Å². The Morgan fingerprint density at radius 3 is 2.59 bits per heavy atom. The van der Waals surface area contributed by atoms with E-state index in [-0.39, 0.29) is 28.4 Å². The molecule has 1 aliphatic rings. The highest BCUT2D eigenvalue weighted by Gasteiger charge is 2.29. The van der Waals surface area contributed by atoms with Gasteiger partial charge in [0.15, 0.2) is 16.4 Å². The molecule has 1 aliphatic heterocycles. The molecule has 1 saturated heterocycles. The van der Waals surface area contributed by atoms with Crippen molar-refractivity contribution in [3.8, 4) is 0 Å². The van der Waals surface area contributed by atoms with E-state index in [9.17, 15) is 22.8 Å². The van der Waals surface area contributed by atoms with Gasteiger partial charge in [0.2, 0.25) is 0 Å². The first-order valence-corrected chi connectivity index (χ1v) is 11.1. The summed E-state index contributed by atoms with van der Waals surface area (Å²) in [5.74, 6) is -1.23. The molecule has 0 spiro atoms. The molecule has 0 bridgehead atoms. The average molecular weight is 415 g/mol. The maximum Gasteiger partial charge on any atom is 0.339 e. The van der Waals surface area contributed by atoms with Gasteiger partial charge in [-0.3, -0.25) is 10.1 Å². The average Bonchev–Trinajstić information content (AvgIpc) is 2.91. The number of amides is 3. The van der Waals surface area contributed by atoms with Crippen LogP contribution in [0.4, 0.5) is 4.79 Å². The highest BCUT2D eigenvalue weighted by molar-refractivity contribution is 8.02. The van der Waals surface area contributed by atoms with Crippen molar-refractivity contribution in [1.82, 2.24) is 10.6 Å². The van der Waals surface area contributed by atoms with Gasteiger partial charge in [-0.05, 0) is 32.4 Å². The molecule has 10 heteroatoms. The summed E-state index contributed by atoms with van der Waals surface area (Å²) < 4.78 is 28.2. The number of thioether (sulfide) groups is 1. The minimum atomic E-state index is -3.02. The van der Waals surface area contributed by atoms with Gasteiger partial charge in [-0.1, -0.05) is 12.1 Å². The fourth-order valence-corrected chi connectivity index (χ4v) is 6.06. The molecule has 1 aromatic carbocycles. The minimum Gasteiger partial charge on any atom is -0.452 e. The first-order valence-electron chi connectivity index (χ1n) is 8.40. The Labute approximate surface area is 162 Å². The minimum absolute atomic E-state index is 0.0778. The molecular weight excluding hydrogens is 392 g/mol. The van der Waals surface area contributed by atoms with Crippen molar-refractivity contribution in [2.75, 3.05) is 18.1 Å². The molecule has 1 aromatic rings. The third kappa shape index (κ3) is 6.87. The second-order valence-corrected chi connectivity index (χ2v) is 9.96. The summed E-state index contributed by atoms with van der Waals surface area (Å²) in [7, 11) is -3.02. The van der Waals surface area contributed by atoms with Crippen molar-refractivity contribution in [2.24, 2.45) is 0 Å². The van der Waals surface area contributed by atoms with Gasteiger partial charge in [-0.15, -0.1) is 11.8 Å². The Balaban J connectivity index is 1.93. The number of hydrogen-bond donors (Lipinski definition) is 2. The SMILES string of the molecule is CC(C)NC(=O)NC(=O)COC(=O)c1ccccc1S[C@H]1CCS(=O)(=O)C1. The summed E-state index contributed by atoms with van der Waals surface area (Å²) in [5, 5.41) is 4.43. The Morgan fingerprint density at radius 1 is 1.26 bits per heavy atom. The van der Waals surface area contributed by atoms with Crippen molar-refractivity contribution in [1.29, 1.82) is 0 Å². The van der Waals surface area contributed by atoms with Gasteiger partial charge >= 0.3 is 12.0 Å². The van der Waals surface area contributed by atoms with Crippen LogP contribution in [0.25, 0.3) is 0 Å². The molecule has 3 amide bonds. The smallest absolute Gasteiger partial charge is 0.339 e. The van der Waals surface area contributed by atoms with Crippen molar-refractivity contribution in [3.63, 3.8) is 0 Å². The summed E-state index contributed by atoms with van der Waals surface area (Å²) >= 11 is 1.32. The lowest BCUT2D eigenvalue weighted by atomic mass is 10.2. The summed E-state index contributed by atoms with van der Waals surface area (Å²) in [5.41, 5.74) is 0.256. The number of sulfone groups is 1. The van der Waals surface area contributed by atoms with Gasteiger partial charge in [0.25, 0.3) is 5.91 Å². The highest BCUT2D eigenvalue weighted by atomic mass is 32.2. The summed E-state index contributed by atoms with van der Waals surface area (Å²) in [6, 6.07) is 5.86. The second-order valence-electron chi connectivity index (χ2n) is 6.39. The molecule has 1 atom stereocenters. The number of hydrogen-bond acceptors (Lipinski definition) is 7. The third-order valence-electron chi connectivity index (χ3n) is 3.60. The molecule has 0 aromatic heterocycles. The largest absolute Gasteiger partial charge is 0.452 e. The van der Waals surface area contributed by atoms with Crippen LogP contribution in [0.2, 0.25) is 0 Å². The van der Waals surface area contributed by atoms with Crippen molar-refractivity contribution >= 4 is 39.5 Å². The van der Waals surface area contributed by atoms with Gasteiger partial charge in [-0.2, -0.15) is 0 Å². The summed E-state index contributed by atoms with van der Waals surface area (Å²) in [6.45, 7) is 2.89. The molecule has 2 N–H and O–H groups in total. The Hall–Kier alpha value is -2.07. The van der Waals surface area contributed by atoms with E-state index in [1.807, 2.05) is 0 Å². The zero-order chi connectivity index (χ0) is 20.0. The second kappa shape index (κ2) is 9.23. The number of urea groups is 1. The monoisotopic (exact) mass is 414 g/mol. The van der Waals surface area contributed by atoms with Gasteiger partial charge in [0, 0.05) is 16.2 Å². The quantitative estimate of drug-likeness (QED) is 0.675. The van der Waals surface area contributed by atoms with Crippen LogP contribution in [-0.4, -0.2) is 55.7 Å². The lowest BCUT2D eigenvalue weighted by Crippen LogP contribution is -2.44. The molecule has 8 nitrogen and oxygen atoms in total. The van der Waals surface area contributed by atoms with Crippen molar-refractivity contribution < 1.29 is 27.5 Å².